The second kappa shape index (κ2) is 8.37. The molecule has 0 fully saturated rings. The third kappa shape index (κ3) is 3.69. The molecule has 35 heavy (non-hydrogen) atoms. The summed E-state index contributed by atoms with van der Waals surface area (Å²) in [5.41, 5.74) is 3.19. The maximum Gasteiger partial charge on any atom is 0.268 e. The van der Waals surface area contributed by atoms with E-state index in [4.69, 9.17) is 9.72 Å². The number of hydrogen-bond acceptors (Lipinski definition) is 5. The van der Waals surface area contributed by atoms with Gasteiger partial charge >= 0.3 is 0 Å². The molecule has 2 heterocycles. The van der Waals surface area contributed by atoms with Crippen molar-refractivity contribution in [1.82, 2.24) is 8.96 Å². The average Bonchev–Trinajstić information content (AvgIpc) is 3.54. The van der Waals surface area contributed by atoms with Crippen LogP contribution in [0.3, 0.4) is 0 Å². The summed E-state index contributed by atoms with van der Waals surface area (Å²) in [5, 5.41) is 5.84. The van der Waals surface area contributed by atoms with E-state index in [-0.39, 0.29) is 4.90 Å². The van der Waals surface area contributed by atoms with Gasteiger partial charge in [-0.2, -0.15) is 0 Å². The first-order valence-electron chi connectivity index (χ1n) is 11.0. The number of ether oxygens (including phenoxy) is 1. The van der Waals surface area contributed by atoms with E-state index in [0.29, 0.717) is 11.3 Å². The molecule has 0 spiro atoms. The minimum absolute atomic E-state index is 0.232. The van der Waals surface area contributed by atoms with Crippen LogP contribution in [0.5, 0.6) is 5.75 Å². The Morgan fingerprint density at radius 1 is 0.857 bits per heavy atom. The lowest BCUT2D eigenvalue weighted by atomic mass is 10.1. The second-order valence-corrected chi connectivity index (χ2v) is 10.8. The molecule has 4 aromatic carbocycles. The predicted octanol–water partition coefficient (Wildman–Crippen LogP) is 6.83. The number of benzene rings is 4. The van der Waals surface area contributed by atoms with Crippen LogP contribution in [0.1, 0.15) is 0 Å². The Labute approximate surface area is 206 Å². The van der Waals surface area contributed by atoms with Crippen LogP contribution in [-0.4, -0.2) is 24.5 Å². The highest BCUT2D eigenvalue weighted by Gasteiger charge is 2.23. The third-order valence-electron chi connectivity index (χ3n) is 6.06. The first-order chi connectivity index (χ1) is 17.0. The number of methoxy groups -OCH3 is 1. The lowest BCUT2D eigenvalue weighted by Gasteiger charge is -2.07. The number of hydrogen-bond donors (Lipinski definition) is 0. The van der Waals surface area contributed by atoms with E-state index >= 15 is 0 Å². The zero-order chi connectivity index (χ0) is 24.0. The van der Waals surface area contributed by atoms with Gasteiger partial charge in [0, 0.05) is 28.1 Å². The predicted molar refractivity (Wildman–Crippen MR) is 142 cm³/mol. The molecule has 0 aliphatic rings. The van der Waals surface area contributed by atoms with Gasteiger partial charge in [-0.1, -0.05) is 54.6 Å². The van der Waals surface area contributed by atoms with E-state index in [1.165, 1.54) is 20.7 Å². The molecular weight excluding hydrogens is 476 g/mol. The molecule has 6 aromatic rings. The van der Waals surface area contributed by atoms with Crippen LogP contribution < -0.4 is 4.74 Å². The fourth-order valence-electron chi connectivity index (χ4n) is 4.26. The normalized spacial score (nSPS) is 11.8. The van der Waals surface area contributed by atoms with E-state index in [0.717, 1.165) is 32.6 Å². The standard InChI is InChI=1S/C28H20N2O3S2/c1-33-22-13-14-27-24(16-22)25(17-30(27)35(31,32)23-9-3-2-4-10-23)28-29-26(18-34-28)21-12-11-19-7-5-6-8-20(19)15-21/h2-18H,1H3. The Morgan fingerprint density at radius 2 is 1.63 bits per heavy atom. The van der Waals surface area contributed by atoms with Crippen LogP contribution in [0.15, 0.2) is 107 Å². The van der Waals surface area contributed by atoms with Gasteiger partial charge < -0.3 is 4.74 Å². The monoisotopic (exact) mass is 496 g/mol. The fourth-order valence-corrected chi connectivity index (χ4v) is 6.50. The van der Waals surface area contributed by atoms with Gasteiger partial charge in [0.2, 0.25) is 0 Å². The Balaban J connectivity index is 1.51. The quantitative estimate of drug-likeness (QED) is 0.262. The molecule has 0 N–H and O–H groups in total. The van der Waals surface area contributed by atoms with E-state index in [2.05, 4.69) is 30.3 Å². The van der Waals surface area contributed by atoms with E-state index < -0.39 is 10.0 Å². The summed E-state index contributed by atoms with van der Waals surface area (Å²) in [6.45, 7) is 0. The Morgan fingerprint density at radius 3 is 2.43 bits per heavy atom. The van der Waals surface area contributed by atoms with Crippen LogP contribution in [0.2, 0.25) is 0 Å². The average molecular weight is 497 g/mol. The summed E-state index contributed by atoms with van der Waals surface area (Å²) in [7, 11) is -2.19. The number of aromatic nitrogens is 2. The molecular formula is C28H20N2O3S2. The molecule has 0 saturated heterocycles. The van der Waals surface area contributed by atoms with Gasteiger partial charge in [-0.3, -0.25) is 0 Å². The van der Waals surface area contributed by atoms with Gasteiger partial charge in [0.25, 0.3) is 10.0 Å². The molecule has 172 valence electrons. The molecule has 7 heteroatoms. The highest BCUT2D eigenvalue weighted by molar-refractivity contribution is 7.90. The minimum atomic E-state index is -3.79. The fraction of sp³-hybridized carbons (Fsp3) is 0.0357. The second-order valence-electron chi connectivity index (χ2n) is 8.14. The molecule has 0 unspecified atom stereocenters. The van der Waals surface area contributed by atoms with E-state index in [1.807, 2.05) is 23.6 Å². The summed E-state index contributed by atoms with van der Waals surface area (Å²) in [4.78, 5) is 5.13. The molecule has 0 saturated carbocycles. The van der Waals surface area contributed by atoms with Gasteiger partial charge in [-0.25, -0.2) is 17.4 Å². The number of thiazole rings is 1. The van der Waals surface area contributed by atoms with Crippen molar-refractivity contribution in [3.63, 3.8) is 0 Å². The Bertz CT molecular complexity index is 1800. The first-order valence-corrected chi connectivity index (χ1v) is 13.3. The topological polar surface area (TPSA) is 61.2 Å². The van der Waals surface area contributed by atoms with Crippen molar-refractivity contribution in [3.05, 3.63) is 103 Å². The van der Waals surface area contributed by atoms with E-state index in [9.17, 15) is 8.42 Å². The Kier molecular flexibility index (Phi) is 5.16. The van der Waals surface area contributed by atoms with Crippen molar-refractivity contribution in [1.29, 1.82) is 0 Å². The summed E-state index contributed by atoms with van der Waals surface area (Å²) in [6, 6.07) is 28.3. The van der Waals surface area contributed by atoms with Crippen LogP contribution >= 0.6 is 11.3 Å². The van der Waals surface area contributed by atoms with Crippen LogP contribution in [0.4, 0.5) is 0 Å². The smallest absolute Gasteiger partial charge is 0.268 e. The van der Waals surface area contributed by atoms with Crippen LogP contribution in [0.25, 0.3) is 43.5 Å². The van der Waals surface area contributed by atoms with Gasteiger partial charge in [-0.05, 0) is 47.2 Å². The van der Waals surface area contributed by atoms with Gasteiger partial charge in [0.15, 0.2) is 0 Å². The zero-order valence-electron chi connectivity index (χ0n) is 18.8. The lowest BCUT2D eigenvalue weighted by molar-refractivity contribution is 0.415. The number of rotatable bonds is 5. The molecule has 0 aliphatic carbocycles. The van der Waals surface area contributed by atoms with Crippen molar-refractivity contribution in [3.8, 4) is 27.6 Å². The lowest BCUT2D eigenvalue weighted by Crippen LogP contribution is -2.11. The van der Waals surface area contributed by atoms with Gasteiger partial charge in [-0.15, -0.1) is 11.3 Å². The largest absolute Gasteiger partial charge is 0.497 e. The van der Waals surface area contributed by atoms with Crippen molar-refractivity contribution in [2.24, 2.45) is 0 Å². The van der Waals surface area contributed by atoms with E-state index in [1.54, 1.807) is 55.8 Å². The molecule has 0 amide bonds. The Hall–Kier alpha value is -3.94. The third-order valence-corrected chi connectivity index (χ3v) is 8.62. The summed E-state index contributed by atoms with van der Waals surface area (Å²) < 4.78 is 33.8. The van der Waals surface area contributed by atoms with Gasteiger partial charge in [0.05, 0.1) is 23.2 Å². The van der Waals surface area contributed by atoms with Gasteiger partial charge in [0.1, 0.15) is 10.8 Å². The summed E-state index contributed by atoms with van der Waals surface area (Å²) >= 11 is 1.49. The molecule has 0 radical (unpaired) electrons. The summed E-state index contributed by atoms with van der Waals surface area (Å²) in [5.74, 6) is 0.653. The van der Waals surface area contributed by atoms with Crippen molar-refractivity contribution in [2.45, 2.75) is 4.90 Å². The number of fused-ring (bicyclic) bond motifs is 2. The molecule has 6 rings (SSSR count). The maximum absolute atomic E-state index is 13.5. The van der Waals surface area contributed by atoms with Crippen molar-refractivity contribution < 1.29 is 13.2 Å². The SMILES string of the molecule is COc1ccc2c(c1)c(-c1nc(-c3ccc4ccccc4c3)cs1)cn2S(=O)(=O)c1ccccc1. The molecule has 0 atom stereocenters. The zero-order valence-corrected chi connectivity index (χ0v) is 20.4. The van der Waals surface area contributed by atoms with Crippen LogP contribution in [-0.2, 0) is 10.0 Å². The highest BCUT2D eigenvalue weighted by atomic mass is 32.2. The van der Waals surface area contributed by atoms with Crippen molar-refractivity contribution in [2.75, 3.05) is 7.11 Å². The first kappa shape index (κ1) is 21.6. The molecule has 0 bridgehead atoms. The minimum Gasteiger partial charge on any atom is -0.497 e. The van der Waals surface area contributed by atoms with Crippen molar-refractivity contribution >= 4 is 43.0 Å². The van der Waals surface area contributed by atoms with Crippen LogP contribution in [0, 0.1) is 0 Å². The maximum atomic E-state index is 13.5. The molecule has 0 aliphatic heterocycles. The number of nitrogens with zero attached hydrogens (tertiary/aromatic N) is 2. The summed E-state index contributed by atoms with van der Waals surface area (Å²) in [6.07, 6.45) is 1.66. The molecule has 5 nitrogen and oxygen atoms in total. The highest BCUT2D eigenvalue weighted by Crippen LogP contribution is 2.38. The molecule has 2 aromatic heterocycles.